The molecule has 5 nitrogen and oxygen atoms in total. The van der Waals surface area contributed by atoms with E-state index in [1.807, 2.05) is 17.9 Å². The molecule has 2 heterocycles. The van der Waals surface area contributed by atoms with Crippen molar-refractivity contribution < 1.29 is 4.79 Å². The van der Waals surface area contributed by atoms with Gasteiger partial charge in [0.05, 0.1) is 0 Å². The molecule has 1 aromatic rings. The van der Waals surface area contributed by atoms with Crippen LogP contribution in [0.3, 0.4) is 0 Å². The lowest BCUT2D eigenvalue weighted by molar-refractivity contribution is 0.0601. The van der Waals surface area contributed by atoms with Crippen molar-refractivity contribution in [2.24, 2.45) is 0 Å². The molecule has 1 aliphatic carbocycles. The number of piperidine rings is 1. The highest BCUT2D eigenvalue weighted by Gasteiger charge is 2.27. The quantitative estimate of drug-likeness (QED) is 0.826. The zero-order valence-corrected chi connectivity index (χ0v) is 15.8. The van der Waals surface area contributed by atoms with E-state index >= 15 is 0 Å². The molecule has 0 bridgehead atoms. The molecule has 0 radical (unpaired) electrons. The van der Waals surface area contributed by atoms with Crippen LogP contribution in [-0.4, -0.2) is 39.4 Å². The minimum atomic E-state index is 0.0703. The van der Waals surface area contributed by atoms with Gasteiger partial charge in [-0.2, -0.15) is 0 Å². The topological polar surface area (TPSA) is 58.1 Å². The second-order valence-corrected chi connectivity index (χ2v) is 7.57. The molecule has 2 fully saturated rings. The molecular formula is C20H32N4O. The van der Waals surface area contributed by atoms with Crippen molar-refractivity contribution in [3.63, 3.8) is 0 Å². The minimum Gasteiger partial charge on any atom is -0.367 e. The summed E-state index contributed by atoms with van der Waals surface area (Å²) >= 11 is 0. The van der Waals surface area contributed by atoms with Crippen LogP contribution >= 0.6 is 0 Å². The van der Waals surface area contributed by atoms with E-state index in [1.165, 1.54) is 44.9 Å². The number of carbonyl (C=O) groups is 1. The summed E-state index contributed by atoms with van der Waals surface area (Å²) in [6.45, 7) is 4.90. The van der Waals surface area contributed by atoms with Crippen molar-refractivity contribution in [1.29, 1.82) is 0 Å². The second kappa shape index (κ2) is 8.63. The van der Waals surface area contributed by atoms with Crippen LogP contribution in [0.4, 0.5) is 5.82 Å². The summed E-state index contributed by atoms with van der Waals surface area (Å²) in [6, 6.07) is 2.69. The van der Waals surface area contributed by atoms with Gasteiger partial charge in [-0.1, -0.05) is 32.6 Å². The molecule has 2 aliphatic rings. The Morgan fingerprint density at radius 2 is 1.84 bits per heavy atom. The molecule has 5 heteroatoms. The predicted octanol–water partition coefficient (Wildman–Crippen LogP) is 4.32. The molecule has 1 aliphatic heterocycles. The van der Waals surface area contributed by atoms with Gasteiger partial charge in [0.2, 0.25) is 0 Å². The van der Waals surface area contributed by atoms with E-state index in [9.17, 15) is 4.79 Å². The molecule has 1 amide bonds. The van der Waals surface area contributed by atoms with Gasteiger partial charge in [0, 0.05) is 24.7 Å². The lowest BCUT2D eigenvalue weighted by Crippen LogP contribution is -2.43. The maximum Gasteiger partial charge on any atom is 0.272 e. The third-order valence-electron chi connectivity index (χ3n) is 5.62. The fourth-order valence-corrected chi connectivity index (χ4v) is 4.22. The molecule has 0 spiro atoms. The predicted molar refractivity (Wildman–Crippen MR) is 101 cm³/mol. The van der Waals surface area contributed by atoms with E-state index in [0.29, 0.717) is 23.6 Å². The Morgan fingerprint density at radius 3 is 2.56 bits per heavy atom. The molecule has 1 N–H and O–H groups in total. The van der Waals surface area contributed by atoms with E-state index in [-0.39, 0.29) is 5.91 Å². The normalized spacial score (nSPS) is 22.5. The van der Waals surface area contributed by atoms with Gasteiger partial charge in [0.25, 0.3) is 5.91 Å². The first kappa shape index (κ1) is 18.2. The van der Waals surface area contributed by atoms with Gasteiger partial charge in [0.15, 0.2) is 0 Å². The first-order valence-electron chi connectivity index (χ1n) is 10.1. The average Bonchev–Trinajstić information content (AvgIpc) is 2.89. The number of anilines is 1. The summed E-state index contributed by atoms with van der Waals surface area (Å²) in [5.74, 6) is 1.56. The number of nitrogens with zero attached hydrogens (tertiary/aromatic N) is 3. The number of amides is 1. The number of nitrogens with one attached hydrogen (secondary N) is 1. The van der Waals surface area contributed by atoms with Gasteiger partial charge in [-0.05, 0) is 45.4 Å². The van der Waals surface area contributed by atoms with Gasteiger partial charge >= 0.3 is 0 Å². The Bertz CT molecular complexity index is 581. The Morgan fingerprint density at radius 1 is 1.12 bits per heavy atom. The van der Waals surface area contributed by atoms with E-state index < -0.39 is 0 Å². The highest BCUT2D eigenvalue weighted by atomic mass is 16.2. The van der Waals surface area contributed by atoms with Gasteiger partial charge in [-0.15, -0.1) is 0 Å². The van der Waals surface area contributed by atoms with Gasteiger partial charge in [-0.3, -0.25) is 4.79 Å². The number of carbonyl (C=O) groups excluding carboxylic acids is 1. The number of hydrogen-bond acceptors (Lipinski definition) is 4. The molecule has 1 saturated carbocycles. The van der Waals surface area contributed by atoms with Gasteiger partial charge in [0.1, 0.15) is 17.3 Å². The van der Waals surface area contributed by atoms with Crippen LogP contribution in [-0.2, 0) is 0 Å². The largest absolute Gasteiger partial charge is 0.367 e. The van der Waals surface area contributed by atoms with Gasteiger partial charge in [-0.25, -0.2) is 9.97 Å². The third-order valence-corrected chi connectivity index (χ3v) is 5.62. The molecule has 3 rings (SSSR count). The number of rotatable bonds is 4. The van der Waals surface area contributed by atoms with Crippen molar-refractivity contribution in [2.75, 3.05) is 11.9 Å². The average molecular weight is 345 g/mol. The highest BCUT2D eigenvalue weighted by Crippen LogP contribution is 2.23. The van der Waals surface area contributed by atoms with Crippen LogP contribution in [0.25, 0.3) is 0 Å². The summed E-state index contributed by atoms with van der Waals surface area (Å²) in [4.78, 5) is 24.0. The molecule has 138 valence electrons. The van der Waals surface area contributed by atoms with Crippen LogP contribution in [0, 0.1) is 6.92 Å². The van der Waals surface area contributed by atoms with Crippen molar-refractivity contribution in [2.45, 2.75) is 90.1 Å². The second-order valence-electron chi connectivity index (χ2n) is 7.57. The minimum absolute atomic E-state index is 0.0703. The third kappa shape index (κ3) is 4.71. The Labute approximate surface area is 151 Å². The fourth-order valence-electron chi connectivity index (χ4n) is 4.22. The molecule has 1 atom stereocenters. The fraction of sp³-hybridized carbons (Fsp3) is 0.750. The van der Waals surface area contributed by atoms with Crippen molar-refractivity contribution in [1.82, 2.24) is 14.9 Å². The van der Waals surface area contributed by atoms with E-state index in [1.54, 1.807) is 0 Å². The van der Waals surface area contributed by atoms with Crippen molar-refractivity contribution >= 4 is 11.7 Å². The monoisotopic (exact) mass is 344 g/mol. The molecule has 1 saturated heterocycles. The number of likely N-dealkylation sites (tertiary alicyclic amines) is 1. The number of aromatic nitrogens is 2. The lowest BCUT2D eigenvalue weighted by atomic mass is 9.99. The Balaban J connectivity index is 1.74. The Hall–Kier alpha value is -1.65. The molecule has 0 aromatic carbocycles. The zero-order chi connectivity index (χ0) is 17.6. The summed E-state index contributed by atoms with van der Waals surface area (Å²) in [7, 11) is 0. The van der Waals surface area contributed by atoms with Crippen LogP contribution < -0.4 is 5.32 Å². The first-order valence-corrected chi connectivity index (χ1v) is 10.1. The number of hydrogen-bond donors (Lipinski definition) is 1. The molecule has 1 aromatic heterocycles. The first-order chi connectivity index (χ1) is 12.2. The highest BCUT2D eigenvalue weighted by molar-refractivity contribution is 5.93. The lowest BCUT2D eigenvalue weighted by Gasteiger charge is -2.35. The molecule has 25 heavy (non-hydrogen) atoms. The number of aryl methyl sites for hydroxylation is 1. The SMILES string of the molecule is CCC1CCCCN1C(=O)c1cc(NC2CCCCCC2)nc(C)n1. The van der Waals surface area contributed by atoms with E-state index in [0.717, 1.165) is 31.6 Å². The summed E-state index contributed by atoms with van der Waals surface area (Å²) in [6.07, 6.45) is 12.0. The molecule has 1 unspecified atom stereocenters. The summed E-state index contributed by atoms with van der Waals surface area (Å²) in [5.41, 5.74) is 0.545. The molecular weight excluding hydrogens is 312 g/mol. The van der Waals surface area contributed by atoms with Crippen molar-refractivity contribution in [3.05, 3.63) is 17.6 Å². The van der Waals surface area contributed by atoms with Crippen molar-refractivity contribution in [3.8, 4) is 0 Å². The van der Waals surface area contributed by atoms with E-state index in [4.69, 9.17) is 0 Å². The zero-order valence-electron chi connectivity index (χ0n) is 15.8. The van der Waals surface area contributed by atoms with Crippen LogP contribution in [0.2, 0.25) is 0 Å². The van der Waals surface area contributed by atoms with Gasteiger partial charge < -0.3 is 10.2 Å². The maximum atomic E-state index is 13.0. The maximum absolute atomic E-state index is 13.0. The standard InChI is InChI=1S/C20H32N4O/c1-3-17-12-8-9-13-24(17)20(25)18-14-19(22-15(2)21-18)23-16-10-6-4-5-7-11-16/h14,16-17H,3-13H2,1-2H3,(H,21,22,23). The summed E-state index contributed by atoms with van der Waals surface area (Å²) in [5, 5.41) is 3.56. The van der Waals surface area contributed by atoms with Crippen LogP contribution in [0.5, 0.6) is 0 Å². The van der Waals surface area contributed by atoms with Crippen LogP contribution in [0.1, 0.15) is 87.4 Å². The Kier molecular flexibility index (Phi) is 6.27. The smallest absolute Gasteiger partial charge is 0.272 e. The van der Waals surface area contributed by atoms with Crippen LogP contribution in [0.15, 0.2) is 6.07 Å². The summed E-state index contributed by atoms with van der Waals surface area (Å²) < 4.78 is 0. The van der Waals surface area contributed by atoms with E-state index in [2.05, 4.69) is 22.2 Å².